The Kier molecular flexibility index (Phi) is 7.90. The minimum atomic E-state index is -0.618. The third-order valence-corrected chi connectivity index (χ3v) is 1.90. The third kappa shape index (κ3) is 8.77. The highest BCUT2D eigenvalue weighted by atomic mass is 16.5. The number of methoxy groups -OCH3 is 1. The van der Waals surface area contributed by atoms with Crippen LogP contribution >= 0.6 is 0 Å². The van der Waals surface area contributed by atoms with E-state index in [9.17, 15) is 5.11 Å². The van der Waals surface area contributed by atoms with Gasteiger partial charge in [-0.15, -0.1) is 0 Å². The van der Waals surface area contributed by atoms with Crippen LogP contribution < -0.4 is 5.73 Å². The lowest BCUT2D eigenvalue weighted by Crippen LogP contribution is -2.37. The van der Waals surface area contributed by atoms with Gasteiger partial charge in [0.25, 0.3) is 0 Å². The van der Waals surface area contributed by atoms with Gasteiger partial charge in [0.15, 0.2) is 0 Å². The molecule has 0 aromatic carbocycles. The van der Waals surface area contributed by atoms with Crippen LogP contribution in [0.5, 0.6) is 0 Å². The summed E-state index contributed by atoms with van der Waals surface area (Å²) in [6.45, 7) is 5.68. The predicted molar refractivity (Wildman–Crippen MR) is 57.8 cm³/mol. The van der Waals surface area contributed by atoms with E-state index in [1.54, 1.807) is 7.11 Å². The van der Waals surface area contributed by atoms with Gasteiger partial charge in [-0.05, 0) is 13.8 Å². The zero-order valence-electron chi connectivity index (χ0n) is 9.86. The summed E-state index contributed by atoms with van der Waals surface area (Å²) in [6.07, 6.45) is -0.618. The van der Waals surface area contributed by atoms with E-state index in [1.807, 2.05) is 13.8 Å². The van der Waals surface area contributed by atoms with Crippen LogP contribution in [0, 0.1) is 0 Å². The maximum absolute atomic E-state index is 9.48. The molecule has 5 heteroatoms. The molecule has 0 aromatic heterocycles. The van der Waals surface area contributed by atoms with Gasteiger partial charge < -0.3 is 25.1 Å². The lowest BCUT2D eigenvalue weighted by Gasteiger charge is -2.24. The van der Waals surface area contributed by atoms with Crippen LogP contribution in [-0.4, -0.2) is 56.9 Å². The molecule has 5 nitrogen and oxygen atoms in total. The highest BCUT2D eigenvalue weighted by molar-refractivity contribution is 4.69. The fourth-order valence-electron chi connectivity index (χ4n) is 0.790. The number of rotatable bonds is 9. The number of nitrogens with two attached hydrogens (primary N) is 1. The summed E-state index contributed by atoms with van der Waals surface area (Å²) in [5, 5.41) is 9.48. The second-order valence-corrected chi connectivity index (χ2v) is 4.00. The first kappa shape index (κ1) is 14.8. The van der Waals surface area contributed by atoms with Crippen LogP contribution in [-0.2, 0) is 14.2 Å². The molecule has 15 heavy (non-hydrogen) atoms. The molecule has 0 fully saturated rings. The quantitative estimate of drug-likeness (QED) is 0.526. The van der Waals surface area contributed by atoms with E-state index in [1.165, 1.54) is 0 Å². The van der Waals surface area contributed by atoms with E-state index >= 15 is 0 Å². The van der Waals surface area contributed by atoms with E-state index in [0.717, 1.165) is 0 Å². The fraction of sp³-hybridized carbons (Fsp3) is 1.00. The molecule has 0 aliphatic carbocycles. The molecule has 1 atom stereocenters. The lowest BCUT2D eigenvalue weighted by molar-refractivity contribution is -0.0778. The average molecular weight is 221 g/mol. The van der Waals surface area contributed by atoms with Crippen LogP contribution in [0.25, 0.3) is 0 Å². The van der Waals surface area contributed by atoms with Crippen molar-refractivity contribution in [3.05, 3.63) is 0 Å². The number of hydrogen-bond acceptors (Lipinski definition) is 5. The van der Waals surface area contributed by atoms with Gasteiger partial charge in [-0.3, -0.25) is 0 Å². The van der Waals surface area contributed by atoms with Crippen LogP contribution in [0.2, 0.25) is 0 Å². The van der Waals surface area contributed by atoms with Gasteiger partial charge in [0.2, 0.25) is 0 Å². The van der Waals surface area contributed by atoms with Crippen molar-refractivity contribution in [2.45, 2.75) is 25.6 Å². The molecular formula is C10H23NO4. The standard InChI is InChI=1S/C10H23NO4/c1-10(2,8-11)15-7-9(12)6-14-5-4-13-3/h9,12H,4-8,11H2,1-3H3. The Morgan fingerprint density at radius 1 is 1.27 bits per heavy atom. The third-order valence-electron chi connectivity index (χ3n) is 1.90. The Bertz CT molecular complexity index is 152. The molecule has 0 aliphatic rings. The summed E-state index contributed by atoms with van der Waals surface area (Å²) in [5.41, 5.74) is 5.08. The minimum Gasteiger partial charge on any atom is -0.388 e. The number of aliphatic hydroxyl groups excluding tert-OH is 1. The van der Waals surface area contributed by atoms with Crippen molar-refractivity contribution in [1.29, 1.82) is 0 Å². The van der Waals surface area contributed by atoms with Crippen molar-refractivity contribution < 1.29 is 19.3 Å². The molecule has 0 amide bonds. The zero-order chi connectivity index (χ0) is 11.7. The van der Waals surface area contributed by atoms with Gasteiger partial charge in [0, 0.05) is 13.7 Å². The average Bonchev–Trinajstić information content (AvgIpc) is 2.22. The lowest BCUT2D eigenvalue weighted by atomic mass is 10.1. The molecule has 0 bridgehead atoms. The van der Waals surface area contributed by atoms with Crippen molar-refractivity contribution in [3.8, 4) is 0 Å². The summed E-state index contributed by atoms with van der Waals surface area (Å²) in [6, 6.07) is 0. The van der Waals surface area contributed by atoms with Crippen molar-refractivity contribution in [3.63, 3.8) is 0 Å². The molecule has 0 aromatic rings. The van der Waals surface area contributed by atoms with E-state index in [2.05, 4.69) is 0 Å². The molecule has 0 heterocycles. The molecular weight excluding hydrogens is 198 g/mol. The predicted octanol–water partition coefficient (Wildman–Crippen LogP) is -0.236. The second-order valence-electron chi connectivity index (χ2n) is 4.00. The summed E-state index contributed by atoms with van der Waals surface area (Å²) in [5.74, 6) is 0. The van der Waals surface area contributed by atoms with Crippen LogP contribution in [0.15, 0.2) is 0 Å². The molecule has 92 valence electrons. The molecule has 0 radical (unpaired) electrons. The van der Waals surface area contributed by atoms with Crippen molar-refractivity contribution in [2.75, 3.05) is 40.1 Å². The van der Waals surface area contributed by atoms with Gasteiger partial charge in [-0.1, -0.05) is 0 Å². The van der Waals surface area contributed by atoms with E-state index < -0.39 is 11.7 Å². The Balaban J connectivity index is 3.44. The summed E-state index contributed by atoms with van der Waals surface area (Å²) in [7, 11) is 1.60. The molecule has 0 spiro atoms. The second kappa shape index (κ2) is 8.01. The smallest absolute Gasteiger partial charge is 0.101 e. The van der Waals surface area contributed by atoms with Crippen molar-refractivity contribution in [1.82, 2.24) is 0 Å². The molecule has 0 rings (SSSR count). The first-order chi connectivity index (χ1) is 7.02. The Morgan fingerprint density at radius 3 is 2.47 bits per heavy atom. The number of hydrogen-bond donors (Lipinski definition) is 2. The van der Waals surface area contributed by atoms with Gasteiger partial charge >= 0.3 is 0 Å². The number of ether oxygens (including phenoxy) is 3. The highest BCUT2D eigenvalue weighted by Gasteiger charge is 2.17. The maximum atomic E-state index is 9.48. The van der Waals surface area contributed by atoms with Gasteiger partial charge in [0.1, 0.15) is 6.10 Å². The van der Waals surface area contributed by atoms with E-state index in [-0.39, 0.29) is 13.2 Å². The molecule has 3 N–H and O–H groups in total. The summed E-state index contributed by atoms with van der Waals surface area (Å²) >= 11 is 0. The zero-order valence-corrected chi connectivity index (χ0v) is 9.86. The monoisotopic (exact) mass is 221 g/mol. The molecule has 0 aliphatic heterocycles. The van der Waals surface area contributed by atoms with Crippen molar-refractivity contribution >= 4 is 0 Å². The molecule has 1 unspecified atom stereocenters. The van der Waals surface area contributed by atoms with Gasteiger partial charge in [0.05, 0.1) is 32.0 Å². The molecule has 0 saturated carbocycles. The van der Waals surface area contributed by atoms with Crippen LogP contribution in [0.4, 0.5) is 0 Å². The molecule has 0 saturated heterocycles. The van der Waals surface area contributed by atoms with E-state index in [0.29, 0.717) is 19.8 Å². The normalized spacial score (nSPS) is 14.2. The minimum absolute atomic E-state index is 0.233. The Labute approximate surface area is 91.5 Å². The van der Waals surface area contributed by atoms with Crippen LogP contribution in [0.1, 0.15) is 13.8 Å². The van der Waals surface area contributed by atoms with Gasteiger partial charge in [-0.25, -0.2) is 0 Å². The first-order valence-corrected chi connectivity index (χ1v) is 5.10. The van der Waals surface area contributed by atoms with Crippen LogP contribution in [0.3, 0.4) is 0 Å². The highest BCUT2D eigenvalue weighted by Crippen LogP contribution is 2.06. The topological polar surface area (TPSA) is 73.9 Å². The maximum Gasteiger partial charge on any atom is 0.101 e. The first-order valence-electron chi connectivity index (χ1n) is 5.10. The summed E-state index contributed by atoms with van der Waals surface area (Å²) < 4.78 is 15.4. The largest absolute Gasteiger partial charge is 0.388 e. The Morgan fingerprint density at radius 2 is 1.93 bits per heavy atom. The fourth-order valence-corrected chi connectivity index (χ4v) is 0.790. The summed E-state index contributed by atoms with van der Waals surface area (Å²) in [4.78, 5) is 0. The van der Waals surface area contributed by atoms with Gasteiger partial charge in [-0.2, -0.15) is 0 Å². The Hall–Kier alpha value is -0.200. The van der Waals surface area contributed by atoms with Crippen molar-refractivity contribution in [2.24, 2.45) is 5.73 Å². The number of aliphatic hydroxyl groups is 1. The van der Waals surface area contributed by atoms with E-state index in [4.69, 9.17) is 19.9 Å². The SMILES string of the molecule is COCCOCC(O)COC(C)(C)CN.